The monoisotopic (exact) mass is 668 g/mol. The van der Waals surface area contributed by atoms with E-state index in [1.165, 1.54) is 54.6 Å². The van der Waals surface area contributed by atoms with Crippen LogP contribution in [0.1, 0.15) is 23.6 Å². The van der Waals surface area contributed by atoms with Crippen molar-refractivity contribution in [3.63, 3.8) is 0 Å². The Morgan fingerprint density at radius 1 is 0.608 bits per heavy atom. The molecular weight excluding hydrogens is 637 g/mol. The highest BCUT2D eigenvalue weighted by molar-refractivity contribution is 8.01. The Balaban J connectivity index is 1.32. The number of rotatable bonds is 2. The van der Waals surface area contributed by atoms with Gasteiger partial charge in [-0.1, -0.05) is 164 Å². The number of nitrogens with zero attached hydrogens (tertiary/aromatic N) is 2. The van der Waals surface area contributed by atoms with E-state index in [0.29, 0.717) is 0 Å². The summed E-state index contributed by atoms with van der Waals surface area (Å²) in [5.41, 5.74) is 12.9. The number of hydrogen-bond donors (Lipinski definition) is 0. The average Bonchev–Trinajstić information content (AvgIpc) is 3.48. The Hall–Kier alpha value is -5.77. The van der Waals surface area contributed by atoms with Gasteiger partial charge < -0.3 is 0 Å². The van der Waals surface area contributed by atoms with E-state index < -0.39 is 5.41 Å². The van der Waals surface area contributed by atoms with Crippen molar-refractivity contribution < 1.29 is 0 Å². The lowest BCUT2D eigenvalue weighted by molar-refractivity contribution is 0.520. The van der Waals surface area contributed by atoms with Gasteiger partial charge in [-0.25, -0.2) is 9.97 Å². The van der Waals surface area contributed by atoms with Crippen LogP contribution in [0, 0.1) is 5.92 Å². The zero-order chi connectivity index (χ0) is 33.7. The summed E-state index contributed by atoms with van der Waals surface area (Å²) in [5.74, 6) is 0.968. The molecule has 4 aliphatic rings. The summed E-state index contributed by atoms with van der Waals surface area (Å²) < 4.78 is -0.257. The smallest absolute Gasteiger partial charge is 0.160 e. The number of para-hydroxylation sites is 1. The maximum absolute atomic E-state index is 5.48. The van der Waals surface area contributed by atoms with Gasteiger partial charge in [0.2, 0.25) is 0 Å². The summed E-state index contributed by atoms with van der Waals surface area (Å²) in [6, 6.07) is 48.6. The molecule has 0 radical (unpaired) electrons. The zero-order valence-corrected chi connectivity index (χ0v) is 28.9. The SMILES string of the molecule is CC12Sc3c(ccc4ccccc34)C3(C1=CC=C1C=CC=CC12)c1ccccc1-c1cccc(-c2nc(-c4ccccc4)nc4ccccc24)c13. The van der Waals surface area contributed by atoms with E-state index in [-0.39, 0.29) is 10.7 Å². The van der Waals surface area contributed by atoms with Gasteiger partial charge in [0.1, 0.15) is 0 Å². The molecule has 0 fully saturated rings. The molecule has 3 aliphatic carbocycles. The molecule has 6 aromatic carbocycles. The minimum absolute atomic E-state index is 0.226. The summed E-state index contributed by atoms with van der Waals surface area (Å²) >= 11 is 2.05. The molecule has 3 unspecified atom stereocenters. The summed E-state index contributed by atoms with van der Waals surface area (Å²) in [6.07, 6.45) is 14.0. The van der Waals surface area contributed by atoms with E-state index in [2.05, 4.69) is 183 Å². The largest absolute Gasteiger partial charge is 0.228 e. The van der Waals surface area contributed by atoms with Crippen LogP contribution in [-0.2, 0) is 5.41 Å². The van der Waals surface area contributed by atoms with Crippen LogP contribution in [-0.4, -0.2) is 14.7 Å². The van der Waals surface area contributed by atoms with Gasteiger partial charge in [-0.2, -0.15) is 0 Å². The van der Waals surface area contributed by atoms with E-state index >= 15 is 0 Å². The van der Waals surface area contributed by atoms with Crippen LogP contribution in [0.5, 0.6) is 0 Å². The van der Waals surface area contributed by atoms with Crippen LogP contribution < -0.4 is 0 Å². The van der Waals surface area contributed by atoms with E-state index in [1.807, 2.05) is 6.07 Å². The Kier molecular flexibility index (Phi) is 6.04. The van der Waals surface area contributed by atoms with Crippen molar-refractivity contribution in [1.82, 2.24) is 9.97 Å². The van der Waals surface area contributed by atoms with Gasteiger partial charge in [0.15, 0.2) is 5.82 Å². The van der Waals surface area contributed by atoms with E-state index in [4.69, 9.17) is 9.97 Å². The minimum atomic E-state index is -0.558. The number of aromatic nitrogens is 2. The number of benzene rings is 6. The van der Waals surface area contributed by atoms with Crippen LogP contribution in [0.25, 0.3) is 55.4 Å². The van der Waals surface area contributed by atoms with Gasteiger partial charge in [-0.05, 0) is 62.7 Å². The van der Waals surface area contributed by atoms with Crippen molar-refractivity contribution in [1.29, 1.82) is 0 Å². The van der Waals surface area contributed by atoms with Crippen molar-refractivity contribution in [2.24, 2.45) is 5.92 Å². The maximum atomic E-state index is 5.48. The first-order valence-corrected chi connectivity index (χ1v) is 18.5. The third-order valence-electron chi connectivity index (χ3n) is 11.6. The Morgan fingerprint density at radius 2 is 1.37 bits per heavy atom. The van der Waals surface area contributed by atoms with Gasteiger partial charge in [-0.3, -0.25) is 0 Å². The first kappa shape index (κ1) is 29.0. The first-order valence-electron chi connectivity index (χ1n) is 17.7. The van der Waals surface area contributed by atoms with Crippen molar-refractivity contribution in [2.75, 3.05) is 0 Å². The summed E-state index contributed by atoms with van der Waals surface area (Å²) in [4.78, 5) is 12.0. The molecule has 0 saturated carbocycles. The molecule has 240 valence electrons. The molecule has 1 aliphatic heterocycles. The molecular formula is C48H32N2S. The van der Waals surface area contributed by atoms with E-state index in [0.717, 1.165) is 33.5 Å². The third kappa shape index (κ3) is 3.84. The second-order valence-electron chi connectivity index (χ2n) is 14.1. The molecule has 0 saturated heterocycles. The quantitative estimate of drug-likeness (QED) is 0.183. The molecule has 0 amide bonds. The predicted octanol–water partition coefficient (Wildman–Crippen LogP) is 11.9. The lowest BCUT2D eigenvalue weighted by atomic mass is 9.58. The molecule has 11 rings (SSSR count). The Morgan fingerprint density at radius 3 is 2.29 bits per heavy atom. The molecule has 51 heavy (non-hydrogen) atoms. The van der Waals surface area contributed by atoms with Crippen molar-refractivity contribution >= 4 is 33.4 Å². The Bertz CT molecular complexity index is 2750. The fraction of sp³-hybridized carbons (Fsp3) is 0.0833. The van der Waals surface area contributed by atoms with Gasteiger partial charge >= 0.3 is 0 Å². The lowest BCUT2D eigenvalue weighted by Crippen LogP contribution is -2.49. The van der Waals surface area contributed by atoms with Crippen molar-refractivity contribution in [3.05, 3.63) is 198 Å². The fourth-order valence-corrected chi connectivity index (χ4v) is 11.2. The molecule has 3 atom stereocenters. The molecule has 1 spiro atoms. The Labute approximate surface area is 301 Å². The van der Waals surface area contributed by atoms with Crippen LogP contribution in [0.4, 0.5) is 0 Å². The minimum Gasteiger partial charge on any atom is -0.228 e. The number of thioether (sulfide) groups is 1. The summed E-state index contributed by atoms with van der Waals surface area (Å²) in [6.45, 7) is 2.49. The highest BCUT2D eigenvalue weighted by Crippen LogP contribution is 2.70. The van der Waals surface area contributed by atoms with Gasteiger partial charge in [0, 0.05) is 27.3 Å². The second-order valence-corrected chi connectivity index (χ2v) is 15.6. The van der Waals surface area contributed by atoms with Gasteiger partial charge in [0.05, 0.1) is 21.4 Å². The molecule has 7 aromatic rings. The topological polar surface area (TPSA) is 25.8 Å². The van der Waals surface area contributed by atoms with Crippen LogP contribution in [0.15, 0.2) is 186 Å². The maximum Gasteiger partial charge on any atom is 0.160 e. The van der Waals surface area contributed by atoms with Crippen molar-refractivity contribution in [3.8, 4) is 33.8 Å². The molecule has 0 N–H and O–H groups in total. The molecule has 1 aromatic heterocycles. The fourth-order valence-electron chi connectivity index (χ4n) is 9.47. The van der Waals surface area contributed by atoms with Crippen LogP contribution >= 0.6 is 11.8 Å². The summed E-state index contributed by atoms with van der Waals surface area (Å²) in [5, 5.41) is 3.64. The normalized spacial score (nSPS) is 22.2. The standard InChI is InChI=1S/C48H32N2S/c1-47-38-23-10-6-15-31(38)27-29-42(47)48(40-28-26-30-14-5-7-18-33(30)45(40)51-47)39-24-11-8-19-34(39)35-21-13-22-37(43(35)48)44-36-20-9-12-25-41(36)49-46(50-44)32-16-3-2-4-17-32/h2-29,38H,1H3. The van der Waals surface area contributed by atoms with Gasteiger partial charge in [0.25, 0.3) is 0 Å². The first-order chi connectivity index (χ1) is 25.2. The lowest BCUT2D eigenvalue weighted by Gasteiger charge is -2.54. The highest BCUT2D eigenvalue weighted by Gasteiger charge is 2.60. The third-order valence-corrected chi connectivity index (χ3v) is 13.1. The second kappa shape index (κ2) is 10.6. The van der Waals surface area contributed by atoms with Crippen LogP contribution in [0.3, 0.4) is 0 Å². The predicted molar refractivity (Wildman–Crippen MR) is 212 cm³/mol. The molecule has 3 heteroatoms. The molecule has 0 bridgehead atoms. The van der Waals surface area contributed by atoms with Crippen LogP contribution in [0.2, 0.25) is 0 Å². The number of allylic oxidation sites excluding steroid dienone is 7. The van der Waals surface area contributed by atoms with E-state index in [1.54, 1.807) is 0 Å². The summed E-state index contributed by atoms with van der Waals surface area (Å²) in [7, 11) is 0. The van der Waals surface area contributed by atoms with E-state index in [9.17, 15) is 0 Å². The molecule has 2 heterocycles. The zero-order valence-electron chi connectivity index (χ0n) is 28.0. The number of hydrogen-bond acceptors (Lipinski definition) is 3. The molecule has 2 nitrogen and oxygen atoms in total. The van der Waals surface area contributed by atoms with Crippen molar-refractivity contribution in [2.45, 2.75) is 22.0 Å². The highest BCUT2D eigenvalue weighted by atomic mass is 32.2. The van der Waals surface area contributed by atoms with Gasteiger partial charge in [-0.15, -0.1) is 11.8 Å². The number of fused-ring (bicyclic) bond motifs is 14. The average molecular weight is 669 g/mol.